The van der Waals surface area contributed by atoms with Gasteiger partial charge in [0.05, 0.1) is 16.7 Å². The molecule has 0 unspecified atom stereocenters. The van der Waals surface area contributed by atoms with Crippen molar-refractivity contribution in [2.75, 3.05) is 7.05 Å². The highest BCUT2D eigenvalue weighted by Gasteiger charge is 2.52. The second-order valence-electron chi connectivity index (χ2n) is 7.58. The lowest BCUT2D eigenvalue weighted by atomic mass is 9.78. The molecule has 1 heterocycles. The van der Waals surface area contributed by atoms with Crippen LogP contribution in [0.3, 0.4) is 0 Å². The predicted octanol–water partition coefficient (Wildman–Crippen LogP) is 2.58. The highest BCUT2D eigenvalue weighted by atomic mass is 16.7. The number of rotatable bonds is 3. The standard InChI is InChI=1S/C17H24BNO4/c1-15(2)16(3,4)23-18(22-15)13-8-6-12(7-9-13)17(10-11-17)19(5)14(20)21/h6-9H,10-11H2,1-5H3,(H,20,21). The summed E-state index contributed by atoms with van der Waals surface area (Å²) in [7, 11) is 1.25. The molecule has 0 bridgehead atoms. The lowest BCUT2D eigenvalue weighted by Gasteiger charge is -2.32. The van der Waals surface area contributed by atoms with E-state index in [0.29, 0.717) is 0 Å². The molecular formula is C17H24BNO4. The zero-order valence-electron chi connectivity index (χ0n) is 14.4. The molecule has 3 rings (SSSR count). The molecule has 1 aromatic carbocycles. The van der Waals surface area contributed by atoms with Gasteiger partial charge in [0.25, 0.3) is 0 Å². The largest absolute Gasteiger partial charge is 0.494 e. The van der Waals surface area contributed by atoms with E-state index in [1.54, 1.807) is 7.05 Å². The number of carboxylic acid groups (broad SMARTS) is 1. The van der Waals surface area contributed by atoms with Crippen molar-refractivity contribution in [2.24, 2.45) is 0 Å². The average Bonchev–Trinajstić information content (AvgIpc) is 3.23. The van der Waals surface area contributed by atoms with Gasteiger partial charge in [0.2, 0.25) is 0 Å². The van der Waals surface area contributed by atoms with Crippen LogP contribution in [0.15, 0.2) is 24.3 Å². The van der Waals surface area contributed by atoms with Gasteiger partial charge in [-0.1, -0.05) is 24.3 Å². The van der Waals surface area contributed by atoms with Gasteiger partial charge in [-0.2, -0.15) is 0 Å². The number of hydrogen-bond donors (Lipinski definition) is 1. The summed E-state index contributed by atoms with van der Waals surface area (Å²) in [5, 5.41) is 9.25. The minimum absolute atomic E-state index is 0.361. The Labute approximate surface area is 137 Å². The summed E-state index contributed by atoms with van der Waals surface area (Å²) < 4.78 is 12.1. The van der Waals surface area contributed by atoms with Gasteiger partial charge in [0, 0.05) is 7.05 Å². The Morgan fingerprint density at radius 2 is 1.57 bits per heavy atom. The van der Waals surface area contributed by atoms with Crippen molar-refractivity contribution in [2.45, 2.75) is 57.3 Å². The van der Waals surface area contributed by atoms with Crippen LogP contribution in [0, 0.1) is 0 Å². The van der Waals surface area contributed by atoms with E-state index >= 15 is 0 Å². The molecule has 0 spiro atoms. The maximum atomic E-state index is 11.3. The van der Waals surface area contributed by atoms with E-state index in [0.717, 1.165) is 23.9 Å². The van der Waals surface area contributed by atoms with E-state index in [1.807, 2.05) is 52.0 Å². The monoisotopic (exact) mass is 317 g/mol. The number of benzene rings is 1. The average molecular weight is 317 g/mol. The van der Waals surface area contributed by atoms with Crippen LogP contribution >= 0.6 is 0 Å². The molecular weight excluding hydrogens is 293 g/mol. The van der Waals surface area contributed by atoms with Gasteiger partial charge < -0.3 is 19.3 Å². The van der Waals surface area contributed by atoms with Crippen LogP contribution in [0.2, 0.25) is 0 Å². The van der Waals surface area contributed by atoms with Crippen molar-refractivity contribution in [3.05, 3.63) is 29.8 Å². The number of amides is 1. The van der Waals surface area contributed by atoms with Crippen LogP contribution in [-0.2, 0) is 14.8 Å². The van der Waals surface area contributed by atoms with Gasteiger partial charge in [-0.3, -0.25) is 0 Å². The molecule has 2 fully saturated rings. The summed E-state index contributed by atoms with van der Waals surface area (Å²) in [6.45, 7) is 8.12. The smallest absolute Gasteiger partial charge is 0.465 e. The van der Waals surface area contributed by atoms with E-state index in [1.165, 1.54) is 4.90 Å². The van der Waals surface area contributed by atoms with Crippen molar-refractivity contribution in [1.29, 1.82) is 0 Å². The Hall–Kier alpha value is -1.53. The summed E-state index contributed by atoms with van der Waals surface area (Å²) in [6.07, 6.45) is 0.842. The van der Waals surface area contributed by atoms with Crippen molar-refractivity contribution in [3.8, 4) is 0 Å². The molecule has 0 aromatic heterocycles. The molecule has 2 aliphatic rings. The van der Waals surface area contributed by atoms with Crippen LogP contribution in [0.1, 0.15) is 46.1 Å². The van der Waals surface area contributed by atoms with Crippen LogP contribution < -0.4 is 5.46 Å². The lowest BCUT2D eigenvalue weighted by molar-refractivity contribution is 0.00578. The van der Waals surface area contributed by atoms with E-state index in [2.05, 4.69) is 0 Å². The number of nitrogens with zero attached hydrogens (tertiary/aromatic N) is 1. The maximum Gasteiger partial charge on any atom is 0.494 e. The third kappa shape index (κ3) is 2.54. The zero-order valence-corrected chi connectivity index (χ0v) is 14.4. The summed E-state index contributed by atoms with van der Waals surface area (Å²) in [5.74, 6) is 0. The Morgan fingerprint density at radius 1 is 1.09 bits per heavy atom. The first-order valence-electron chi connectivity index (χ1n) is 8.02. The molecule has 1 aromatic rings. The summed E-state index contributed by atoms with van der Waals surface area (Å²) in [4.78, 5) is 12.7. The Balaban J connectivity index is 1.81. The highest BCUT2D eigenvalue weighted by Crippen LogP contribution is 2.50. The molecule has 124 valence electrons. The second-order valence-corrected chi connectivity index (χ2v) is 7.58. The first-order chi connectivity index (χ1) is 10.6. The van der Waals surface area contributed by atoms with Crippen molar-refractivity contribution < 1.29 is 19.2 Å². The normalized spacial score (nSPS) is 23.6. The molecule has 1 N–H and O–H groups in total. The molecule has 1 saturated heterocycles. The molecule has 5 nitrogen and oxygen atoms in total. The summed E-state index contributed by atoms with van der Waals surface area (Å²) in [6, 6.07) is 7.94. The quantitative estimate of drug-likeness (QED) is 0.871. The first-order valence-corrected chi connectivity index (χ1v) is 8.02. The van der Waals surface area contributed by atoms with Gasteiger partial charge in [-0.25, -0.2) is 4.79 Å². The van der Waals surface area contributed by atoms with Gasteiger partial charge in [-0.05, 0) is 51.6 Å². The van der Waals surface area contributed by atoms with Gasteiger partial charge in [0.15, 0.2) is 0 Å². The third-order valence-electron chi connectivity index (χ3n) is 5.63. The first kappa shape index (κ1) is 16.3. The minimum atomic E-state index is -0.891. The lowest BCUT2D eigenvalue weighted by Crippen LogP contribution is -2.41. The van der Waals surface area contributed by atoms with E-state index < -0.39 is 6.09 Å². The molecule has 23 heavy (non-hydrogen) atoms. The van der Waals surface area contributed by atoms with Crippen molar-refractivity contribution >= 4 is 18.7 Å². The SMILES string of the molecule is CN(C(=O)O)C1(c2ccc(B3OC(C)(C)C(C)(C)O3)cc2)CC1. The molecule has 1 amide bonds. The van der Waals surface area contributed by atoms with Crippen molar-refractivity contribution in [1.82, 2.24) is 4.90 Å². The van der Waals surface area contributed by atoms with Crippen LogP contribution in [0.4, 0.5) is 4.79 Å². The Morgan fingerprint density at radius 3 is 1.96 bits per heavy atom. The highest BCUT2D eigenvalue weighted by molar-refractivity contribution is 6.62. The van der Waals surface area contributed by atoms with Crippen LogP contribution in [-0.4, -0.2) is 41.5 Å². The van der Waals surface area contributed by atoms with E-state index in [-0.39, 0.29) is 23.9 Å². The van der Waals surface area contributed by atoms with Gasteiger partial charge in [-0.15, -0.1) is 0 Å². The fourth-order valence-corrected chi connectivity index (χ4v) is 3.05. The maximum absolute atomic E-state index is 11.3. The fraction of sp³-hybridized carbons (Fsp3) is 0.588. The van der Waals surface area contributed by atoms with E-state index in [9.17, 15) is 9.90 Å². The van der Waals surface area contributed by atoms with E-state index in [4.69, 9.17) is 9.31 Å². The Bertz CT molecular complexity index is 606. The number of carbonyl (C=O) groups is 1. The number of hydrogen-bond acceptors (Lipinski definition) is 3. The fourth-order valence-electron chi connectivity index (χ4n) is 3.05. The molecule has 6 heteroatoms. The summed E-state index contributed by atoms with van der Waals surface area (Å²) >= 11 is 0. The van der Waals surface area contributed by atoms with Gasteiger partial charge >= 0.3 is 13.2 Å². The predicted molar refractivity (Wildman–Crippen MR) is 88.9 cm³/mol. The minimum Gasteiger partial charge on any atom is -0.465 e. The third-order valence-corrected chi connectivity index (χ3v) is 5.63. The Kier molecular flexibility index (Phi) is 3.54. The molecule has 1 aliphatic heterocycles. The van der Waals surface area contributed by atoms with Gasteiger partial charge in [0.1, 0.15) is 0 Å². The van der Waals surface area contributed by atoms with Crippen molar-refractivity contribution in [3.63, 3.8) is 0 Å². The van der Waals surface area contributed by atoms with Crippen LogP contribution in [0.5, 0.6) is 0 Å². The zero-order chi connectivity index (χ0) is 17.0. The second kappa shape index (κ2) is 4.98. The molecule has 0 atom stereocenters. The molecule has 0 radical (unpaired) electrons. The molecule has 1 saturated carbocycles. The molecule has 1 aliphatic carbocycles. The summed E-state index contributed by atoms with van der Waals surface area (Å²) in [5.41, 5.74) is 0.902. The topological polar surface area (TPSA) is 59.0 Å². The van der Waals surface area contributed by atoms with Crippen LogP contribution in [0.25, 0.3) is 0 Å².